The SMILES string of the molecule is [CH2]CCCCC(CC)N(CCC)NCN. The zero-order valence-corrected chi connectivity index (χ0v) is 10.5. The van der Waals surface area contributed by atoms with E-state index in [1.54, 1.807) is 0 Å². The highest BCUT2D eigenvalue weighted by atomic mass is 15.5. The molecule has 0 bridgehead atoms. The molecule has 0 saturated carbocycles. The van der Waals surface area contributed by atoms with Crippen LogP contribution < -0.4 is 11.2 Å². The molecular weight excluding hydrogens is 186 g/mol. The van der Waals surface area contributed by atoms with Gasteiger partial charge in [-0.05, 0) is 19.3 Å². The third-order valence-corrected chi connectivity index (χ3v) is 2.71. The molecule has 0 saturated heterocycles. The van der Waals surface area contributed by atoms with Crippen LogP contribution in [0.15, 0.2) is 0 Å². The van der Waals surface area contributed by atoms with Crippen molar-refractivity contribution in [1.82, 2.24) is 10.4 Å². The predicted octanol–water partition coefficient (Wildman–Crippen LogP) is 2.29. The van der Waals surface area contributed by atoms with Gasteiger partial charge in [-0.3, -0.25) is 0 Å². The quantitative estimate of drug-likeness (QED) is 0.333. The minimum absolute atomic E-state index is 0.534. The molecule has 0 spiro atoms. The van der Waals surface area contributed by atoms with E-state index in [1.807, 2.05) is 0 Å². The Hall–Kier alpha value is -0.120. The van der Waals surface area contributed by atoms with Crippen LogP contribution in [0.5, 0.6) is 0 Å². The largest absolute Gasteiger partial charge is 0.317 e. The Morgan fingerprint density at radius 1 is 1.33 bits per heavy atom. The van der Waals surface area contributed by atoms with E-state index in [0.29, 0.717) is 12.7 Å². The van der Waals surface area contributed by atoms with E-state index in [0.717, 1.165) is 13.0 Å². The Kier molecular flexibility index (Phi) is 10.3. The molecule has 15 heavy (non-hydrogen) atoms. The average molecular weight is 214 g/mol. The van der Waals surface area contributed by atoms with Gasteiger partial charge in [0.05, 0.1) is 6.67 Å². The fourth-order valence-corrected chi connectivity index (χ4v) is 1.89. The normalized spacial score (nSPS) is 13.4. The summed E-state index contributed by atoms with van der Waals surface area (Å²) in [5, 5.41) is 2.31. The average Bonchev–Trinajstić information content (AvgIpc) is 2.24. The highest BCUT2D eigenvalue weighted by Gasteiger charge is 2.14. The summed E-state index contributed by atoms with van der Waals surface area (Å²) < 4.78 is 0. The van der Waals surface area contributed by atoms with E-state index in [1.165, 1.54) is 32.1 Å². The minimum Gasteiger partial charge on any atom is -0.317 e. The molecule has 0 heterocycles. The van der Waals surface area contributed by atoms with Crippen molar-refractivity contribution in [2.75, 3.05) is 13.2 Å². The number of nitrogens with zero attached hydrogens (tertiary/aromatic N) is 1. The summed E-state index contributed by atoms with van der Waals surface area (Å²) in [5.74, 6) is 0. The zero-order valence-electron chi connectivity index (χ0n) is 10.5. The van der Waals surface area contributed by atoms with Crippen LogP contribution in [0.4, 0.5) is 0 Å². The summed E-state index contributed by atoms with van der Waals surface area (Å²) in [4.78, 5) is 0. The van der Waals surface area contributed by atoms with Crippen molar-refractivity contribution in [2.24, 2.45) is 5.73 Å². The fraction of sp³-hybridized carbons (Fsp3) is 0.917. The maximum atomic E-state index is 5.54. The van der Waals surface area contributed by atoms with E-state index in [4.69, 9.17) is 5.73 Å². The van der Waals surface area contributed by atoms with Gasteiger partial charge in [0.15, 0.2) is 0 Å². The summed E-state index contributed by atoms with van der Waals surface area (Å²) in [6, 6.07) is 0.625. The van der Waals surface area contributed by atoms with Crippen LogP contribution in [-0.2, 0) is 0 Å². The van der Waals surface area contributed by atoms with Gasteiger partial charge in [0.1, 0.15) is 0 Å². The van der Waals surface area contributed by atoms with E-state index < -0.39 is 0 Å². The molecule has 0 amide bonds. The first-order chi connectivity index (χ1) is 7.29. The topological polar surface area (TPSA) is 41.3 Å². The summed E-state index contributed by atoms with van der Waals surface area (Å²) in [6.45, 7) is 9.94. The monoisotopic (exact) mass is 214 g/mol. The first-order valence-corrected chi connectivity index (χ1v) is 6.29. The number of hydrazine groups is 1. The van der Waals surface area contributed by atoms with Crippen molar-refractivity contribution in [3.63, 3.8) is 0 Å². The van der Waals surface area contributed by atoms with Gasteiger partial charge in [0.25, 0.3) is 0 Å². The van der Waals surface area contributed by atoms with Crippen molar-refractivity contribution >= 4 is 0 Å². The molecule has 0 aromatic rings. The molecule has 91 valence electrons. The smallest absolute Gasteiger partial charge is 0.0567 e. The van der Waals surface area contributed by atoms with Crippen LogP contribution >= 0.6 is 0 Å². The van der Waals surface area contributed by atoms with Crippen LogP contribution in [0.25, 0.3) is 0 Å². The first kappa shape index (κ1) is 14.9. The second-order valence-electron chi connectivity index (χ2n) is 3.97. The molecule has 3 N–H and O–H groups in total. The lowest BCUT2D eigenvalue weighted by atomic mass is 10.1. The molecule has 0 fully saturated rings. The van der Waals surface area contributed by atoms with Gasteiger partial charge in [-0.15, -0.1) is 0 Å². The zero-order chi connectivity index (χ0) is 11.5. The predicted molar refractivity (Wildman–Crippen MR) is 67.1 cm³/mol. The van der Waals surface area contributed by atoms with Crippen LogP contribution in [0, 0.1) is 6.92 Å². The maximum absolute atomic E-state index is 5.54. The van der Waals surface area contributed by atoms with Gasteiger partial charge in [0, 0.05) is 12.6 Å². The summed E-state index contributed by atoms with van der Waals surface area (Å²) in [6.07, 6.45) is 7.16. The molecule has 3 heteroatoms. The van der Waals surface area contributed by atoms with Gasteiger partial charge in [-0.1, -0.05) is 40.0 Å². The molecule has 0 rings (SSSR count). The first-order valence-electron chi connectivity index (χ1n) is 6.29. The summed E-state index contributed by atoms with van der Waals surface area (Å²) in [5.41, 5.74) is 8.80. The number of nitrogens with one attached hydrogen (secondary N) is 1. The van der Waals surface area contributed by atoms with Crippen LogP contribution in [0.1, 0.15) is 52.4 Å². The second kappa shape index (κ2) is 10.4. The highest BCUT2D eigenvalue weighted by Crippen LogP contribution is 2.11. The molecular formula is C12H28N3. The van der Waals surface area contributed by atoms with Gasteiger partial charge < -0.3 is 5.73 Å². The summed E-state index contributed by atoms with van der Waals surface area (Å²) >= 11 is 0. The van der Waals surface area contributed by atoms with E-state index >= 15 is 0 Å². The number of hydrogen-bond acceptors (Lipinski definition) is 3. The fourth-order valence-electron chi connectivity index (χ4n) is 1.89. The lowest BCUT2D eigenvalue weighted by Gasteiger charge is -2.30. The van der Waals surface area contributed by atoms with Crippen molar-refractivity contribution < 1.29 is 0 Å². The number of hydrogen-bond donors (Lipinski definition) is 2. The lowest BCUT2D eigenvalue weighted by molar-refractivity contribution is 0.112. The van der Waals surface area contributed by atoms with E-state index in [9.17, 15) is 0 Å². The van der Waals surface area contributed by atoms with Gasteiger partial charge in [-0.25, -0.2) is 10.4 Å². The van der Waals surface area contributed by atoms with Crippen molar-refractivity contribution in [2.45, 2.75) is 58.4 Å². The van der Waals surface area contributed by atoms with Crippen LogP contribution in [0.2, 0.25) is 0 Å². The van der Waals surface area contributed by atoms with Crippen LogP contribution in [-0.4, -0.2) is 24.3 Å². The Morgan fingerprint density at radius 3 is 2.53 bits per heavy atom. The Bertz CT molecular complexity index is 122. The molecule has 1 unspecified atom stereocenters. The van der Waals surface area contributed by atoms with E-state index in [2.05, 4.69) is 31.2 Å². The maximum Gasteiger partial charge on any atom is 0.0567 e. The van der Waals surface area contributed by atoms with Gasteiger partial charge in [-0.2, -0.15) is 0 Å². The molecule has 1 radical (unpaired) electrons. The summed E-state index contributed by atoms with van der Waals surface area (Å²) in [7, 11) is 0. The molecule has 0 aliphatic carbocycles. The Morgan fingerprint density at radius 2 is 2.07 bits per heavy atom. The highest BCUT2D eigenvalue weighted by molar-refractivity contribution is 4.67. The van der Waals surface area contributed by atoms with Gasteiger partial charge in [0.2, 0.25) is 0 Å². The lowest BCUT2D eigenvalue weighted by Crippen LogP contribution is -2.48. The number of rotatable bonds is 10. The third-order valence-electron chi connectivity index (χ3n) is 2.71. The third kappa shape index (κ3) is 6.88. The van der Waals surface area contributed by atoms with Crippen molar-refractivity contribution in [1.29, 1.82) is 0 Å². The Labute approximate surface area is 95.4 Å². The molecule has 0 aromatic carbocycles. The molecule has 3 nitrogen and oxygen atoms in total. The number of unbranched alkanes of at least 4 members (excludes halogenated alkanes) is 2. The van der Waals surface area contributed by atoms with Crippen molar-refractivity contribution in [3.8, 4) is 0 Å². The molecule has 0 aromatic heterocycles. The molecule has 1 atom stereocenters. The minimum atomic E-state index is 0.534. The van der Waals surface area contributed by atoms with Gasteiger partial charge >= 0.3 is 0 Å². The van der Waals surface area contributed by atoms with Crippen LogP contribution in [0.3, 0.4) is 0 Å². The van der Waals surface area contributed by atoms with E-state index in [-0.39, 0.29) is 0 Å². The Balaban J connectivity index is 3.93. The number of nitrogens with two attached hydrogens (primary N) is 1. The second-order valence-corrected chi connectivity index (χ2v) is 3.97. The van der Waals surface area contributed by atoms with Crippen molar-refractivity contribution in [3.05, 3.63) is 6.92 Å². The molecule has 0 aliphatic heterocycles. The molecule has 0 aliphatic rings. The standard InChI is InChI=1S/C12H28N3/c1-4-7-8-9-12(6-3)15(10-5-2)14-11-13/h12,14H,1,4-11,13H2,2-3H3.